The maximum Gasteiger partial charge on any atom is 0.134 e. The maximum atomic E-state index is 8.72. The second-order valence-corrected chi connectivity index (χ2v) is 2.28. The molecule has 0 amide bonds. The van der Waals surface area contributed by atoms with Crippen molar-refractivity contribution < 1.29 is 5.11 Å². The minimum atomic E-state index is 0. The molecule has 1 aromatic heterocycles. The van der Waals surface area contributed by atoms with Crippen molar-refractivity contribution in [3.63, 3.8) is 0 Å². The van der Waals surface area contributed by atoms with Crippen LogP contribution in [-0.2, 0) is 0 Å². The monoisotopic (exact) mass is 209 g/mol. The van der Waals surface area contributed by atoms with Crippen molar-refractivity contribution >= 4 is 28.3 Å². The Labute approximate surface area is 67.5 Å². The van der Waals surface area contributed by atoms with E-state index in [4.69, 9.17) is 5.11 Å². The van der Waals surface area contributed by atoms with Gasteiger partial charge in [-0.05, 0) is 22.0 Å². The van der Waals surface area contributed by atoms with E-state index in [1.807, 2.05) is 0 Å². The summed E-state index contributed by atoms with van der Waals surface area (Å²) in [6, 6.07) is 1.58. The minimum absolute atomic E-state index is 0. The summed E-state index contributed by atoms with van der Waals surface area (Å²) in [7, 11) is 0. The van der Waals surface area contributed by atoms with Crippen molar-refractivity contribution in [3.05, 3.63) is 22.9 Å². The van der Waals surface area contributed by atoms with Crippen LogP contribution in [-0.4, -0.2) is 10.1 Å². The third-order valence-corrected chi connectivity index (χ3v) is 1.12. The summed E-state index contributed by atoms with van der Waals surface area (Å²) in [5, 5.41) is 8.72. The van der Waals surface area contributed by atoms with Crippen LogP contribution in [0.4, 0.5) is 0 Å². The Kier molecular flexibility index (Phi) is 3.58. The molecule has 0 atom stereocenters. The average Bonchev–Trinajstić information content (AvgIpc) is 1.64. The van der Waals surface area contributed by atoms with Gasteiger partial charge in [0, 0.05) is 10.7 Å². The normalized spacial score (nSPS) is 8.11. The van der Waals surface area contributed by atoms with E-state index in [-0.39, 0.29) is 18.2 Å². The molecule has 0 spiro atoms. The zero-order valence-electron chi connectivity index (χ0n) is 4.41. The molecule has 0 saturated heterocycles. The number of pyridine rings is 1. The van der Waals surface area contributed by atoms with Crippen LogP contribution in [0.5, 0.6) is 5.75 Å². The SMILES string of the molecule is Cl.Oc1cncc(Br)c1. The zero-order valence-corrected chi connectivity index (χ0v) is 6.82. The highest BCUT2D eigenvalue weighted by Gasteiger charge is 1.86. The number of aromatic hydroxyl groups is 1. The summed E-state index contributed by atoms with van der Waals surface area (Å²) >= 11 is 3.14. The van der Waals surface area contributed by atoms with E-state index >= 15 is 0 Å². The minimum Gasteiger partial charge on any atom is -0.506 e. The Hall–Kier alpha value is -0.280. The quantitative estimate of drug-likeness (QED) is 0.710. The smallest absolute Gasteiger partial charge is 0.134 e. The second-order valence-electron chi connectivity index (χ2n) is 1.36. The molecule has 0 unspecified atom stereocenters. The topological polar surface area (TPSA) is 33.1 Å². The summed E-state index contributed by atoms with van der Waals surface area (Å²) in [6.07, 6.45) is 2.99. The van der Waals surface area contributed by atoms with E-state index in [1.165, 1.54) is 6.20 Å². The van der Waals surface area contributed by atoms with Gasteiger partial charge in [0.05, 0.1) is 6.20 Å². The largest absolute Gasteiger partial charge is 0.506 e. The molecule has 0 fully saturated rings. The number of hydrogen-bond donors (Lipinski definition) is 1. The van der Waals surface area contributed by atoms with Crippen LogP contribution in [0.3, 0.4) is 0 Å². The molecule has 0 saturated carbocycles. The molecule has 50 valence electrons. The van der Waals surface area contributed by atoms with E-state index in [0.717, 1.165) is 4.47 Å². The van der Waals surface area contributed by atoms with Gasteiger partial charge in [0.15, 0.2) is 0 Å². The van der Waals surface area contributed by atoms with Gasteiger partial charge in [-0.15, -0.1) is 12.4 Å². The zero-order chi connectivity index (χ0) is 5.98. The summed E-state index contributed by atoms with van der Waals surface area (Å²) in [6.45, 7) is 0. The van der Waals surface area contributed by atoms with Crippen molar-refractivity contribution in [1.29, 1.82) is 0 Å². The van der Waals surface area contributed by atoms with Crippen LogP contribution in [0.15, 0.2) is 22.9 Å². The molecular weight excluding hydrogens is 205 g/mol. The lowest BCUT2D eigenvalue weighted by Crippen LogP contribution is -1.68. The fourth-order valence-electron chi connectivity index (χ4n) is 0.401. The number of nitrogens with zero attached hydrogens (tertiary/aromatic N) is 1. The molecule has 0 aliphatic heterocycles. The third kappa shape index (κ3) is 2.67. The lowest BCUT2D eigenvalue weighted by molar-refractivity contribution is 0.472. The van der Waals surface area contributed by atoms with Crippen molar-refractivity contribution in [1.82, 2.24) is 4.98 Å². The Morgan fingerprint density at radius 1 is 1.44 bits per heavy atom. The molecule has 0 aromatic carbocycles. The molecule has 1 N–H and O–H groups in total. The first kappa shape index (κ1) is 8.72. The van der Waals surface area contributed by atoms with Crippen LogP contribution in [0.2, 0.25) is 0 Å². The van der Waals surface area contributed by atoms with Crippen LogP contribution >= 0.6 is 28.3 Å². The Balaban J connectivity index is 0.000000640. The lowest BCUT2D eigenvalue weighted by Gasteiger charge is -1.87. The first-order valence-corrected chi connectivity index (χ1v) is 2.88. The van der Waals surface area contributed by atoms with Crippen LogP contribution in [0.1, 0.15) is 0 Å². The summed E-state index contributed by atoms with van der Waals surface area (Å²) < 4.78 is 0.789. The lowest BCUT2D eigenvalue weighted by atomic mass is 10.5. The maximum absolute atomic E-state index is 8.72. The van der Waals surface area contributed by atoms with E-state index in [1.54, 1.807) is 12.3 Å². The molecular formula is C5H5BrClNO. The van der Waals surface area contributed by atoms with Crippen molar-refractivity contribution in [2.24, 2.45) is 0 Å². The molecule has 2 nitrogen and oxygen atoms in total. The van der Waals surface area contributed by atoms with Gasteiger partial charge in [0.25, 0.3) is 0 Å². The molecule has 0 aliphatic carbocycles. The van der Waals surface area contributed by atoms with Crippen molar-refractivity contribution in [2.45, 2.75) is 0 Å². The summed E-state index contributed by atoms with van der Waals surface area (Å²) in [4.78, 5) is 3.69. The highest BCUT2D eigenvalue weighted by molar-refractivity contribution is 9.10. The molecule has 9 heavy (non-hydrogen) atoms. The first-order valence-electron chi connectivity index (χ1n) is 2.08. The van der Waals surface area contributed by atoms with Gasteiger partial charge in [0.2, 0.25) is 0 Å². The highest BCUT2D eigenvalue weighted by atomic mass is 79.9. The third-order valence-electron chi connectivity index (χ3n) is 0.690. The molecule has 1 heterocycles. The Morgan fingerprint density at radius 3 is 2.44 bits per heavy atom. The van der Waals surface area contributed by atoms with Gasteiger partial charge in [-0.25, -0.2) is 0 Å². The van der Waals surface area contributed by atoms with E-state index in [9.17, 15) is 0 Å². The van der Waals surface area contributed by atoms with Crippen molar-refractivity contribution in [2.75, 3.05) is 0 Å². The van der Waals surface area contributed by atoms with E-state index < -0.39 is 0 Å². The van der Waals surface area contributed by atoms with Crippen LogP contribution < -0.4 is 0 Å². The van der Waals surface area contributed by atoms with Crippen molar-refractivity contribution in [3.8, 4) is 5.75 Å². The fourth-order valence-corrected chi connectivity index (χ4v) is 0.753. The predicted molar refractivity (Wildman–Crippen MR) is 40.8 cm³/mol. The van der Waals surface area contributed by atoms with E-state index in [0.29, 0.717) is 0 Å². The number of aromatic nitrogens is 1. The molecule has 1 rings (SSSR count). The molecule has 1 aromatic rings. The molecule has 0 aliphatic rings. The second kappa shape index (κ2) is 3.69. The predicted octanol–water partition coefficient (Wildman–Crippen LogP) is 1.97. The molecule has 0 radical (unpaired) electrons. The fraction of sp³-hybridized carbons (Fsp3) is 0. The Bertz CT molecular complexity index is 177. The molecule has 0 bridgehead atoms. The van der Waals surface area contributed by atoms with E-state index in [2.05, 4.69) is 20.9 Å². The Morgan fingerprint density at radius 2 is 2.11 bits per heavy atom. The van der Waals surface area contributed by atoms with Crippen LogP contribution in [0.25, 0.3) is 0 Å². The standard InChI is InChI=1S/C5H4BrNO.ClH/c6-4-1-5(8)3-7-2-4;/h1-3,8H;1H. The van der Waals surface area contributed by atoms with Gasteiger partial charge < -0.3 is 5.11 Å². The molecule has 4 heteroatoms. The number of hydrogen-bond acceptors (Lipinski definition) is 2. The summed E-state index contributed by atoms with van der Waals surface area (Å²) in [5.41, 5.74) is 0. The van der Waals surface area contributed by atoms with Gasteiger partial charge in [0.1, 0.15) is 5.75 Å². The number of halogens is 2. The number of rotatable bonds is 0. The van der Waals surface area contributed by atoms with Gasteiger partial charge in [-0.2, -0.15) is 0 Å². The van der Waals surface area contributed by atoms with Gasteiger partial charge in [-0.1, -0.05) is 0 Å². The first-order chi connectivity index (χ1) is 3.79. The van der Waals surface area contributed by atoms with Gasteiger partial charge in [-0.3, -0.25) is 4.98 Å². The summed E-state index contributed by atoms with van der Waals surface area (Å²) in [5.74, 6) is 0.180. The van der Waals surface area contributed by atoms with Gasteiger partial charge >= 0.3 is 0 Å². The highest BCUT2D eigenvalue weighted by Crippen LogP contribution is 2.12. The van der Waals surface area contributed by atoms with Crippen LogP contribution in [0, 0.1) is 0 Å². The average molecular weight is 210 g/mol.